The summed E-state index contributed by atoms with van der Waals surface area (Å²) in [6.07, 6.45) is 4.93. The van der Waals surface area contributed by atoms with E-state index in [-0.39, 0.29) is 56.0 Å². The lowest BCUT2D eigenvalue weighted by atomic mass is 9.30. The van der Waals surface area contributed by atoms with Crippen LogP contribution in [0.2, 0.25) is 0 Å². The molecule has 2 heterocycles. The number of anilines is 6. The Kier molecular flexibility index (Phi) is 12.2. The second-order valence-electron chi connectivity index (χ2n) is 32.2. The molecule has 1 fully saturated rings. The van der Waals surface area contributed by atoms with E-state index < -0.39 is 0 Å². The van der Waals surface area contributed by atoms with Crippen LogP contribution in [0.25, 0.3) is 22.3 Å². The van der Waals surface area contributed by atoms with Gasteiger partial charge in [0, 0.05) is 45.3 Å². The van der Waals surface area contributed by atoms with Gasteiger partial charge in [-0.1, -0.05) is 253 Å². The third-order valence-electron chi connectivity index (χ3n) is 21.5. The zero-order chi connectivity index (χ0) is 59.1. The lowest BCUT2D eigenvalue weighted by Gasteiger charge is -2.51. The first-order chi connectivity index (χ1) is 38.8. The zero-order valence-corrected chi connectivity index (χ0v) is 53.8. The fraction of sp³-hybridized carbons (Fsp3) is 0.400. The van der Waals surface area contributed by atoms with E-state index in [0.29, 0.717) is 0 Å². The van der Waals surface area contributed by atoms with Crippen molar-refractivity contribution in [2.45, 2.75) is 201 Å². The fourth-order valence-corrected chi connectivity index (χ4v) is 16.3. The number of hydrogen-bond acceptors (Lipinski definition) is 2. The molecule has 3 atom stereocenters. The number of benzene rings is 8. The molecule has 424 valence electrons. The van der Waals surface area contributed by atoms with Gasteiger partial charge in [0.2, 0.25) is 6.71 Å². The number of nitrogens with zero attached hydrogens (tertiary/aromatic N) is 2. The van der Waals surface area contributed by atoms with Crippen molar-refractivity contribution in [1.82, 2.24) is 0 Å². The van der Waals surface area contributed by atoms with Crippen LogP contribution in [0.5, 0.6) is 0 Å². The summed E-state index contributed by atoms with van der Waals surface area (Å²) in [5, 5.41) is 0. The molecule has 0 amide bonds. The molecule has 0 aromatic heterocycles. The molecular formula is C80H91BN2. The Balaban J connectivity index is 1.22. The van der Waals surface area contributed by atoms with Crippen LogP contribution in [0, 0.1) is 5.41 Å². The Morgan fingerprint density at radius 2 is 0.976 bits per heavy atom. The predicted octanol–water partition coefficient (Wildman–Crippen LogP) is 20.2. The molecule has 0 N–H and O–H groups in total. The fourth-order valence-electron chi connectivity index (χ4n) is 16.3. The first kappa shape index (κ1) is 55.6. The van der Waals surface area contributed by atoms with Crippen LogP contribution in [0.1, 0.15) is 219 Å². The van der Waals surface area contributed by atoms with Gasteiger partial charge in [-0.25, -0.2) is 0 Å². The molecule has 83 heavy (non-hydrogen) atoms. The smallest absolute Gasteiger partial charge is 0.247 e. The molecule has 8 aromatic carbocycles. The predicted molar refractivity (Wildman–Crippen MR) is 359 cm³/mol. The minimum Gasteiger partial charge on any atom is -0.310 e. The van der Waals surface area contributed by atoms with Crippen LogP contribution in [-0.4, -0.2) is 6.71 Å². The third-order valence-corrected chi connectivity index (χ3v) is 21.5. The van der Waals surface area contributed by atoms with Crippen LogP contribution < -0.4 is 26.2 Å². The van der Waals surface area contributed by atoms with Crippen LogP contribution in [-0.2, 0) is 37.9 Å². The van der Waals surface area contributed by atoms with Gasteiger partial charge in [0.1, 0.15) is 0 Å². The van der Waals surface area contributed by atoms with Crippen molar-refractivity contribution < 1.29 is 0 Å². The minimum atomic E-state index is -0.330. The second kappa shape index (κ2) is 18.2. The van der Waals surface area contributed by atoms with E-state index in [0.717, 1.165) is 0 Å². The molecule has 0 spiro atoms. The standard InChI is InChI=1S/C80H91BN2/c1-73(2,3)50-27-33-55(34-28-50)82(56-35-29-51(30-36-56)74(4,5)6)57-47-61-69-68-63(79(18)41-23-24-42-80(69,79)19)45-54(77(13,14)15)46-65(68)81-64-39-38-59-58-37-31-53(76(10,11)12)44-62(58)78(16,17)70(59)72(64)83(67(48-57)71(61)81)66-40-32-52(75(7,8)9)43-60(66)49-25-21-20-22-26-49/h20-22,25-40,43-48,69H,23-24,41-42H2,1-19H3. The molecule has 5 aliphatic rings. The zero-order valence-electron chi connectivity index (χ0n) is 53.8. The van der Waals surface area contributed by atoms with Gasteiger partial charge in [-0.05, 0) is 183 Å². The first-order valence-electron chi connectivity index (χ1n) is 31.5. The van der Waals surface area contributed by atoms with E-state index >= 15 is 0 Å². The second-order valence-corrected chi connectivity index (χ2v) is 32.2. The van der Waals surface area contributed by atoms with E-state index in [1.54, 1.807) is 16.6 Å². The largest absolute Gasteiger partial charge is 0.310 e. The maximum absolute atomic E-state index is 2.83. The van der Waals surface area contributed by atoms with Crippen molar-refractivity contribution in [3.8, 4) is 22.3 Å². The van der Waals surface area contributed by atoms with Gasteiger partial charge in [0.05, 0.1) is 5.69 Å². The summed E-state index contributed by atoms with van der Waals surface area (Å²) in [5.41, 5.74) is 31.1. The molecule has 1 saturated carbocycles. The lowest BCUT2D eigenvalue weighted by Crippen LogP contribution is -2.63. The normalized spacial score (nSPS) is 20.3. The third kappa shape index (κ3) is 8.37. The van der Waals surface area contributed by atoms with Crippen molar-refractivity contribution in [2.24, 2.45) is 5.41 Å². The average molecular weight is 1090 g/mol. The topological polar surface area (TPSA) is 6.48 Å². The Morgan fingerprint density at radius 3 is 1.57 bits per heavy atom. The molecule has 3 heteroatoms. The van der Waals surface area contributed by atoms with Crippen molar-refractivity contribution in [2.75, 3.05) is 9.80 Å². The molecule has 2 nitrogen and oxygen atoms in total. The van der Waals surface area contributed by atoms with E-state index in [4.69, 9.17) is 0 Å². The Labute approximate surface area is 500 Å². The summed E-state index contributed by atoms with van der Waals surface area (Å²) in [6.45, 7) is 46.0. The highest BCUT2D eigenvalue weighted by atomic mass is 15.2. The van der Waals surface area contributed by atoms with Gasteiger partial charge >= 0.3 is 0 Å². The molecular weight excluding hydrogens is 1000 g/mol. The first-order valence-corrected chi connectivity index (χ1v) is 31.5. The lowest BCUT2D eigenvalue weighted by molar-refractivity contribution is 0.0926. The quantitative estimate of drug-likeness (QED) is 0.159. The average Bonchev–Trinajstić information content (AvgIpc) is 1.61. The van der Waals surface area contributed by atoms with Crippen molar-refractivity contribution in [3.05, 3.63) is 207 Å². The molecule has 3 unspecified atom stereocenters. The minimum absolute atomic E-state index is 0.00101. The molecule has 0 bridgehead atoms. The molecule has 8 aromatic rings. The van der Waals surface area contributed by atoms with Gasteiger partial charge in [-0.15, -0.1) is 0 Å². The SMILES string of the molecule is CC(C)(C)c1ccc(N(c2ccc(C(C)(C)C)cc2)c2cc3c4c(c2)N(c2ccc(C(C)(C)C)cc2-c2ccccc2)c2c(ccc5c2C(C)(C)c2cc(C(C)(C)C)ccc2-5)B4c2cc(C(C)(C)C)cc4c2C3C2(C)CCCCC42C)cc1. The van der Waals surface area contributed by atoms with Crippen LogP contribution in [0.4, 0.5) is 34.1 Å². The van der Waals surface area contributed by atoms with Gasteiger partial charge in [0.25, 0.3) is 0 Å². The Hall–Kier alpha value is -6.58. The van der Waals surface area contributed by atoms with Crippen molar-refractivity contribution in [1.29, 1.82) is 0 Å². The maximum Gasteiger partial charge on any atom is 0.247 e. The number of fused-ring (bicyclic) bond motifs is 11. The Bertz CT molecular complexity index is 3880. The molecule has 3 aliphatic carbocycles. The highest BCUT2D eigenvalue weighted by Crippen LogP contribution is 2.68. The summed E-state index contributed by atoms with van der Waals surface area (Å²) >= 11 is 0. The van der Waals surface area contributed by atoms with E-state index in [1.165, 1.54) is 137 Å². The molecule has 0 radical (unpaired) electrons. The highest BCUT2D eigenvalue weighted by molar-refractivity contribution is 6.99. The number of hydrogen-bond donors (Lipinski definition) is 0. The monoisotopic (exact) mass is 1090 g/mol. The van der Waals surface area contributed by atoms with E-state index in [9.17, 15) is 0 Å². The van der Waals surface area contributed by atoms with Crippen LogP contribution >= 0.6 is 0 Å². The van der Waals surface area contributed by atoms with E-state index in [1.807, 2.05) is 0 Å². The maximum atomic E-state index is 2.83. The number of rotatable bonds is 5. The molecule has 2 aliphatic heterocycles. The van der Waals surface area contributed by atoms with Gasteiger partial charge < -0.3 is 9.80 Å². The van der Waals surface area contributed by atoms with E-state index in [2.05, 4.69) is 293 Å². The molecule has 13 rings (SSSR count). The highest BCUT2D eigenvalue weighted by Gasteiger charge is 2.63. The summed E-state index contributed by atoms with van der Waals surface area (Å²) in [6, 6.07) is 61.3. The Morgan fingerprint density at radius 1 is 0.446 bits per heavy atom. The summed E-state index contributed by atoms with van der Waals surface area (Å²) in [5.74, 6) is 0.205. The van der Waals surface area contributed by atoms with Crippen LogP contribution in [0.15, 0.2) is 152 Å². The van der Waals surface area contributed by atoms with Crippen molar-refractivity contribution >= 4 is 57.2 Å². The summed E-state index contributed by atoms with van der Waals surface area (Å²) < 4.78 is 0. The summed E-state index contributed by atoms with van der Waals surface area (Å²) in [7, 11) is 0. The van der Waals surface area contributed by atoms with Gasteiger partial charge in [0.15, 0.2) is 0 Å². The van der Waals surface area contributed by atoms with Gasteiger partial charge in [-0.2, -0.15) is 0 Å². The van der Waals surface area contributed by atoms with Gasteiger partial charge in [-0.3, -0.25) is 0 Å². The van der Waals surface area contributed by atoms with Crippen molar-refractivity contribution in [3.63, 3.8) is 0 Å². The molecule has 0 saturated heterocycles. The van der Waals surface area contributed by atoms with Crippen LogP contribution in [0.3, 0.4) is 0 Å². The summed E-state index contributed by atoms with van der Waals surface area (Å²) in [4.78, 5) is 5.44.